The van der Waals surface area contributed by atoms with Crippen LogP contribution in [-0.2, 0) is 17.8 Å². The van der Waals surface area contributed by atoms with Gasteiger partial charge in [0.15, 0.2) is 5.69 Å². The zero-order chi connectivity index (χ0) is 27.9. The fourth-order valence-corrected chi connectivity index (χ4v) is 3.99. The molecule has 39 heavy (non-hydrogen) atoms. The van der Waals surface area contributed by atoms with Crippen LogP contribution in [0.4, 0.5) is 14.5 Å². The fourth-order valence-electron chi connectivity index (χ4n) is 3.99. The van der Waals surface area contributed by atoms with Crippen molar-refractivity contribution in [2.24, 2.45) is 0 Å². The smallest absolute Gasteiger partial charge is 0.274 e. The number of nitrogens with one attached hydrogen (secondary N) is 1. The van der Waals surface area contributed by atoms with Crippen molar-refractivity contribution in [1.29, 1.82) is 5.26 Å². The molecule has 1 N–H and O–H groups in total. The van der Waals surface area contributed by atoms with Crippen LogP contribution >= 0.6 is 0 Å². The van der Waals surface area contributed by atoms with Gasteiger partial charge in [0, 0.05) is 25.2 Å². The van der Waals surface area contributed by atoms with Crippen LogP contribution in [0.1, 0.15) is 27.2 Å². The highest BCUT2D eigenvalue weighted by atomic mass is 19.1. The first-order valence-corrected chi connectivity index (χ1v) is 11.8. The Bertz CT molecular complexity index is 1510. The van der Waals surface area contributed by atoms with Gasteiger partial charge in [-0.1, -0.05) is 23.4 Å². The average Bonchev–Trinajstić information content (AvgIpc) is 3.40. The Hall–Kier alpha value is -5.11. The predicted molar refractivity (Wildman–Crippen MR) is 138 cm³/mol. The van der Waals surface area contributed by atoms with E-state index in [4.69, 9.17) is 4.74 Å². The number of hydrogen-bond acceptors (Lipinski definition) is 6. The number of hydrogen-bond donors (Lipinski definition) is 1. The molecule has 0 spiro atoms. The molecule has 9 nitrogen and oxygen atoms in total. The Morgan fingerprint density at radius 3 is 2.46 bits per heavy atom. The molecule has 198 valence electrons. The molecule has 0 fully saturated rings. The van der Waals surface area contributed by atoms with E-state index in [2.05, 4.69) is 21.7 Å². The normalized spacial score (nSPS) is 11.4. The van der Waals surface area contributed by atoms with E-state index in [9.17, 15) is 23.6 Å². The van der Waals surface area contributed by atoms with Crippen LogP contribution < -0.4 is 15.0 Å². The number of anilines is 1. The van der Waals surface area contributed by atoms with Crippen molar-refractivity contribution in [1.82, 2.24) is 20.3 Å². The Kier molecular flexibility index (Phi) is 8.26. The van der Waals surface area contributed by atoms with Crippen LogP contribution in [0.5, 0.6) is 5.75 Å². The van der Waals surface area contributed by atoms with E-state index < -0.39 is 29.5 Å². The molecule has 0 saturated heterocycles. The zero-order valence-electron chi connectivity index (χ0n) is 21.1. The third-order valence-corrected chi connectivity index (χ3v) is 6.00. The molecular formula is C28H24F2N6O3. The van der Waals surface area contributed by atoms with Gasteiger partial charge in [-0.2, -0.15) is 5.26 Å². The molecule has 0 radical (unpaired) electrons. The Labute approximate surface area is 223 Å². The minimum Gasteiger partial charge on any atom is -0.497 e. The van der Waals surface area contributed by atoms with Crippen molar-refractivity contribution >= 4 is 17.5 Å². The lowest BCUT2D eigenvalue weighted by Gasteiger charge is -2.25. The van der Waals surface area contributed by atoms with Gasteiger partial charge in [-0.05, 0) is 53.6 Å². The predicted octanol–water partition coefficient (Wildman–Crippen LogP) is 3.49. The molecule has 0 bridgehead atoms. The van der Waals surface area contributed by atoms with Crippen LogP contribution in [0.2, 0.25) is 0 Å². The molecule has 11 heteroatoms. The first-order valence-electron chi connectivity index (χ1n) is 11.8. The molecule has 1 aromatic heterocycles. The van der Waals surface area contributed by atoms with Crippen LogP contribution in [-0.4, -0.2) is 47.0 Å². The number of amides is 2. The number of halogens is 2. The van der Waals surface area contributed by atoms with Gasteiger partial charge in [0.2, 0.25) is 5.91 Å². The van der Waals surface area contributed by atoms with E-state index in [1.807, 2.05) is 0 Å². The van der Waals surface area contributed by atoms with Crippen LogP contribution in [0.25, 0.3) is 0 Å². The lowest BCUT2D eigenvalue weighted by molar-refractivity contribution is -0.120. The maximum absolute atomic E-state index is 13.9. The van der Waals surface area contributed by atoms with Gasteiger partial charge < -0.3 is 15.0 Å². The van der Waals surface area contributed by atoms with Crippen LogP contribution in [0.15, 0.2) is 72.9 Å². The Morgan fingerprint density at radius 2 is 1.79 bits per heavy atom. The summed E-state index contributed by atoms with van der Waals surface area (Å²) < 4.78 is 34.3. The molecule has 4 aromatic rings. The van der Waals surface area contributed by atoms with Gasteiger partial charge in [-0.15, -0.1) is 5.10 Å². The molecule has 0 aliphatic rings. The van der Waals surface area contributed by atoms with E-state index in [0.29, 0.717) is 22.6 Å². The van der Waals surface area contributed by atoms with Gasteiger partial charge in [0.25, 0.3) is 5.91 Å². The Morgan fingerprint density at radius 1 is 1.10 bits per heavy atom. The minimum atomic E-state index is -1.18. The highest BCUT2D eigenvalue weighted by molar-refractivity contribution is 6.01. The number of benzene rings is 3. The van der Waals surface area contributed by atoms with Crippen molar-refractivity contribution in [2.45, 2.75) is 19.0 Å². The highest BCUT2D eigenvalue weighted by Crippen LogP contribution is 2.20. The third-order valence-electron chi connectivity index (χ3n) is 6.00. The molecule has 1 atom stereocenters. The highest BCUT2D eigenvalue weighted by Gasteiger charge is 2.27. The average molecular weight is 531 g/mol. The second-order valence-corrected chi connectivity index (χ2v) is 8.67. The first-order chi connectivity index (χ1) is 18.8. The molecule has 0 aliphatic carbocycles. The van der Waals surface area contributed by atoms with E-state index in [1.54, 1.807) is 48.5 Å². The van der Waals surface area contributed by atoms with Crippen LogP contribution in [0.3, 0.4) is 0 Å². The molecule has 2 amide bonds. The summed E-state index contributed by atoms with van der Waals surface area (Å²) in [7, 11) is 3.05. The molecule has 1 unspecified atom stereocenters. The summed E-state index contributed by atoms with van der Waals surface area (Å²) in [5.41, 5.74) is 1.80. The van der Waals surface area contributed by atoms with Gasteiger partial charge in [-0.25, -0.2) is 13.5 Å². The maximum Gasteiger partial charge on any atom is 0.274 e. The minimum absolute atomic E-state index is 0.0697. The Balaban J connectivity index is 1.56. The van der Waals surface area contributed by atoms with Gasteiger partial charge in [-0.3, -0.25) is 9.59 Å². The molecular weight excluding hydrogens is 506 g/mol. The molecule has 3 aromatic carbocycles. The zero-order valence-corrected chi connectivity index (χ0v) is 21.1. The number of likely N-dealkylation sites (N-methyl/N-ethyl adjacent to an activating group) is 1. The molecule has 1 heterocycles. The fraction of sp³-hybridized carbons (Fsp3) is 0.179. The first kappa shape index (κ1) is 26.9. The van der Waals surface area contributed by atoms with E-state index in [-0.39, 0.29) is 24.2 Å². The SMILES string of the molecule is COc1ccc(N(C)C(=O)C(Cc2cc(F)cc(F)c2)NC(=O)c2cn(Cc3ccccc3C#N)nn2)cc1. The third kappa shape index (κ3) is 6.61. The second-order valence-electron chi connectivity index (χ2n) is 8.67. The van der Waals surface area contributed by atoms with Crippen molar-refractivity contribution in [3.63, 3.8) is 0 Å². The summed E-state index contributed by atoms with van der Waals surface area (Å²) in [6.07, 6.45) is 1.21. The van der Waals surface area contributed by atoms with Crippen molar-refractivity contribution < 1.29 is 23.1 Å². The lowest BCUT2D eigenvalue weighted by Crippen LogP contribution is -2.49. The standard InChI is InChI=1S/C28H24F2N6O3/c1-35(23-7-9-24(39-2)10-8-23)28(38)25(13-18-11-21(29)14-22(30)12-18)32-27(37)26-17-36(34-33-26)16-20-6-4-3-5-19(20)15-31/h3-12,14,17,25H,13,16H2,1-2H3,(H,32,37). The summed E-state index contributed by atoms with van der Waals surface area (Å²) in [6.45, 7) is 0.204. The summed E-state index contributed by atoms with van der Waals surface area (Å²) in [5, 5.41) is 19.8. The van der Waals surface area contributed by atoms with Crippen LogP contribution in [0, 0.1) is 23.0 Å². The molecule has 0 saturated carbocycles. The van der Waals surface area contributed by atoms with Gasteiger partial charge >= 0.3 is 0 Å². The largest absolute Gasteiger partial charge is 0.497 e. The number of carbonyl (C=O) groups is 2. The lowest BCUT2D eigenvalue weighted by atomic mass is 10.0. The monoisotopic (exact) mass is 530 g/mol. The number of rotatable bonds is 9. The number of methoxy groups -OCH3 is 1. The van der Waals surface area contributed by atoms with E-state index in [0.717, 1.165) is 18.2 Å². The number of nitriles is 1. The quantitative estimate of drug-likeness (QED) is 0.355. The number of aromatic nitrogens is 3. The number of nitrogens with zero attached hydrogens (tertiary/aromatic N) is 5. The summed E-state index contributed by atoms with van der Waals surface area (Å²) >= 11 is 0. The topological polar surface area (TPSA) is 113 Å². The molecule has 4 rings (SSSR count). The van der Waals surface area contributed by atoms with E-state index in [1.165, 1.54) is 29.9 Å². The van der Waals surface area contributed by atoms with Gasteiger partial charge in [0.05, 0.1) is 31.5 Å². The van der Waals surface area contributed by atoms with Crippen molar-refractivity contribution in [2.75, 3.05) is 19.1 Å². The molecule has 0 aliphatic heterocycles. The van der Waals surface area contributed by atoms with Gasteiger partial charge in [0.1, 0.15) is 23.4 Å². The van der Waals surface area contributed by atoms with E-state index >= 15 is 0 Å². The number of ether oxygens (including phenoxy) is 1. The number of carbonyl (C=O) groups excluding carboxylic acids is 2. The summed E-state index contributed by atoms with van der Waals surface area (Å²) in [4.78, 5) is 27.9. The maximum atomic E-state index is 13.9. The van der Waals surface area contributed by atoms with Crippen molar-refractivity contribution in [3.8, 4) is 11.8 Å². The van der Waals surface area contributed by atoms with Crippen molar-refractivity contribution in [3.05, 3.63) is 107 Å². The summed E-state index contributed by atoms with van der Waals surface area (Å²) in [5.74, 6) is -2.22. The second kappa shape index (κ2) is 12.0. The summed E-state index contributed by atoms with van der Waals surface area (Å²) in [6, 6.07) is 17.5.